The van der Waals surface area contributed by atoms with E-state index in [2.05, 4.69) is 82.8 Å². The molecule has 20 heteroatoms. The minimum atomic E-state index is -4.87. The second-order valence-electron chi connectivity index (χ2n) is 20.5. The van der Waals surface area contributed by atoms with Crippen LogP contribution in [0.25, 0.3) is 22.1 Å². The Balaban J connectivity index is 0.817. The molecule has 6 aromatic rings. The number of halogens is 2. The summed E-state index contributed by atoms with van der Waals surface area (Å²) >= 11 is 0. The van der Waals surface area contributed by atoms with Crippen molar-refractivity contribution in [2.45, 2.75) is 99.8 Å². The summed E-state index contributed by atoms with van der Waals surface area (Å²) in [5.74, 6) is -1.09. The highest BCUT2D eigenvalue weighted by molar-refractivity contribution is 7.90. The normalized spacial score (nSPS) is 20.9. The Morgan fingerprint density at radius 2 is 1.77 bits per heavy atom. The maximum absolute atomic E-state index is 16.1. The zero-order valence-corrected chi connectivity index (χ0v) is 40.6. The smallest absolute Gasteiger partial charge is 0.296 e. The molecular weight excluding hydrogens is 935 g/mol. The number of nitro groups is 1. The lowest BCUT2D eigenvalue weighted by molar-refractivity contribution is -0.384. The fraction of sp³-hybridized carbons (Fsp3) is 0.471. The van der Waals surface area contributed by atoms with Crippen molar-refractivity contribution < 1.29 is 36.4 Å². The van der Waals surface area contributed by atoms with Crippen LogP contribution in [0.3, 0.4) is 0 Å². The van der Waals surface area contributed by atoms with E-state index in [-0.39, 0.29) is 70.0 Å². The van der Waals surface area contributed by atoms with E-state index >= 15 is 4.39 Å². The number of imidazole rings is 1. The number of rotatable bonds is 14. The molecule has 1 amide bonds. The van der Waals surface area contributed by atoms with Gasteiger partial charge in [-0.1, -0.05) is 38.1 Å². The van der Waals surface area contributed by atoms with Crippen LogP contribution in [-0.2, 0) is 14.8 Å². The molecule has 5 aliphatic rings. The molecule has 4 aliphatic heterocycles. The van der Waals surface area contributed by atoms with Crippen molar-refractivity contribution in [2.24, 2.45) is 5.41 Å². The average molecular weight is 993 g/mol. The van der Waals surface area contributed by atoms with Gasteiger partial charge in [-0.3, -0.25) is 24.7 Å². The molecule has 1 aliphatic carbocycles. The number of hydrogen-bond donors (Lipinski definition) is 4. The third-order valence-corrected chi connectivity index (χ3v) is 17.3. The quantitative estimate of drug-likeness (QED) is 0.0596. The van der Waals surface area contributed by atoms with Crippen molar-refractivity contribution in [1.82, 2.24) is 34.5 Å². The molecule has 3 aromatic heterocycles. The minimum absolute atomic E-state index is 0.0134. The van der Waals surface area contributed by atoms with Crippen LogP contribution >= 0.6 is 0 Å². The molecule has 5 fully saturated rings. The number of aromatic nitrogens is 4. The standard InChI is InChI=1S/C51H58F2N10O7S/c1-31(2)36-6-3-4-7-37(36)41-8-5-15-62(41)33-23-50(24-33)11-16-60(17-12-50)32-9-10-38(43(20-32)70-35-21-39-40(52)26-55-48(39)54-25-35)49(64)59-71(67,68)44-22-42(63(65)66)45(47-46(44)57-30-58-47)56-29-51(53)13-18-61(19-14-51)34-27-69-28-34/h3-4,6-7,9-10,20-22,25-26,30-31,33-34,41,56H,5,8,11-19,23-24,27-29H2,1-2H3,(H,54,55)(H,57,58)(H,59,64). The zero-order valence-electron chi connectivity index (χ0n) is 39.8. The lowest BCUT2D eigenvalue weighted by atomic mass is 9.59. The Morgan fingerprint density at radius 3 is 2.51 bits per heavy atom. The number of aromatic amines is 2. The maximum Gasteiger partial charge on any atom is 0.296 e. The molecule has 0 bridgehead atoms. The molecule has 7 heterocycles. The average Bonchev–Trinajstić information content (AvgIpc) is 4.11. The number of H-pyrrole nitrogens is 2. The first-order chi connectivity index (χ1) is 34.2. The number of hydrogen-bond acceptors (Lipinski definition) is 13. The molecule has 1 saturated carbocycles. The fourth-order valence-electron chi connectivity index (χ4n) is 11.8. The Bertz CT molecular complexity index is 3120. The molecule has 1 unspecified atom stereocenters. The number of benzene rings is 3. The van der Waals surface area contributed by atoms with Gasteiger partial charge in [0.2, 0.25) is 0 Å². The summed E-state index contributed by atoms with van der Waals surface area (Å²) in [6, 6.07) is 17.3. The van der Waals surface area contributed by atoms with Crippen LogP contribution in [0.2, 0.25) is 0 Å². The highest BCUT2D eigenvalue weighted by atomic mass is 32.2. The molecule has 4 saturated heterocycles. The van der Waals surface area contributed by atoms with Crippen molar-refractivity contribution in [1.29, 1.82) is 0 Å². The van der Waals surface area contributed by atoms with E-state index < -0.39 is 42.9 Å². The predicted octanol–water partition coefficient (Wildman–Crippen LogP) is 8.72. The maximum atomic E-state index is 16.1. The van der Waals surface area contributed by atoms with Crippen molar-refractivity contribution in [3.8, 4) is 11.5 Å². The van der Waals surface area contributed by atoms with Crippen LogP contribution in [0.5, 0.6) is 11.5 Å². The largest absolute Gasteiger partial charge is 0.455 e. The topological polar surface area (TPSA) is 204 Å². The zero-order chi connectivity index (χ0) is 49.2. The molecule has 1 spiro atoms. The highest BCUT2D eigenvalue weighted by Crippen LogP contribution is 2.54. The second-order valence-corrected chi connectivity index (χ2v) is 22.2. The Hall–Kier alpha value is -6.22. The molecule has 11 rings (SSSR count). The van der Waals surface area contributed by atoms with Crippen LogP contribution in [0, 0.1) is 21.3 Å². The number of pyridine rings is 1. The number of anilines is 2. The van der Waals surface area contributed by atoms with Crippen LogP contribution in [0.1, 0.15) is 98.7 Å². The Labute approximate surface area is 409 Å². The summed E-state index contributed by atoms with van der Waals surface area (Å²) in [4.78, 5) is 46.6. The SMILES string of the molecule is CC(C)c1ccccc1C1CCCN1C1CC2(CCN(c3ccc(C(=O)NS(=O)(=O)c4cc([N+](=O)[O-])c(NCC5(F)CCN(C6COC6)CC5)c5[nH]cnc45)c(Oc4cnc5[nH]cc(F)c5c4)c3)CC2)C1. The summed E-state index contributed by atoms with van der Waals surface area (Å²) in [6.45, 7) is 9.15. The molecule has 0 radical (unpaired) electrons. The summed E-state index contributed by atoms with van der Waals surface area (Å²) in [5, 5.41) is 15.6. The van der Waals surface area contributed by atoms with Crippen LogP contribution in [-0.4, -0.2) is 119 Å². The number of nitrogens with zero attached hydrogens (tertiary/aromatic N) is 6. The minimum Gasteiger partial charge on any atom is -0.455 e. The number of fused-ring (bicyclic) bond motifs is 2. The van der Waals surface area contributed by atoms with Gasteiger partial charge in [-0.2, -0.15) is 0 Å². The molecule has 3 aromatic carbocycles. The number of ether oxygens (including phenoxy) is 2. The summed E-state index contributed by atoms with van der Waals surface area (Å²) in [7, 11) is -4.87. The van der Waals surface area contributed by atoms with E-state index in [0.717, 1.165) is 57.1 Å². The summed E-state index contributed by atoms with van der Waals surface area (Å²) in [5.41, 5.74) is 1.33. The number of nitro benzene ring substituents is 1. The molecular formula is C51H58F2N10O7S. The number of sulfonamides is 1. The first kappa shape index (κ1) is 47.1. The number of nitrogens with one attached hydrogen (secondary N) is 4. The molecule has 17 nitrogen and oxygen atoms in total. The van der Waals surface area contributed by atoms with Gasteiger partial charge in [0.05, 0.1) is 53.2 Å². The number of alkyl halides is 1. The first-order valence-electron chi connectivity index (χ1n) is 24.7. The van der Waals surface area contributed by atoms with E-state index in [0.29, 0.717) is 50.0 Å². The number of likely N-dealkylation sites (tertiary alicyclic amines) is 2. The number of amides is 1. The monoisotopic (exact) mass is 992 g/mol. The number of carbonyl (C=O) groups is 1. The lowest BCUT2D eigenvalue weighted by Crippen LogP contribution is -2.55. The van der Waals surface area contributed by atoms with Gasteiger partial charge in [0.25, 0.3) is 21.6 Å². The van der Waals surface area contributed by atoms with Gasteiger partial charge >= 0.3 is 0 Å². The van der Waals surface area contributed by atoms with Gasteiger partial charge in [-0.05, 0) is 98.6 Å². The van der Waals surface area contributed by atoms with Crippen LogP contribution in [0.4, 0.5) is 25.8 Å². The second kappa shape index (κ2) is 18.4. The van der Waals surface area contributed by atoms with Gasteiger partial charge < -0.3 is 29.7 Å². The van der Waals surface area contributed by atoms with E-state index in [1.807, 2.05) is 0 Å². The molecule has 374 valence electrons. The van der Waals surface area contributed by atoms with Gasteiger partial charge in [0.15, 0.2) is 0 Å². The van der Waals surface area contributed by atoms with Gasteiger partial charge in [-0.25, -0.2) is 31.9 Å². The third kappa shape index (κ3) is 8.97. The third-order valence-electron chi connectivity index (χ3n) is 15.9. The lowest BCUT2D eigenvalue weighted by Gasteiger charge is -2.56. The van der Waals surface area contributed by atoms with Gasteiger partial charge in [-0.15, -0.1) is 0 Å². The Kier molecular flexibility index (Phi) is 12.2. The molecule has 1 atom stereocenters. The van der Waals surface area contributed by atoms with Crippen molar-refractivity contribution in [2.75, 3.05) is 62.7 Å². The van der Waals surface area contributed by atoms with E-state index in [9.17, 15) is 27.7 Å². The van der Waals surface area contributed by atoms with Crippen molar-refractivity contribution in [3.05, 3.63) is 106 Å². The van der Waals surface area contributed by atoms with E-state index in [1.54, 1.807) is 12.1 Å². The van der Waals surface area contributed by atoms with Crippen LogP contribution in [0.15, 0.2) is 78.2 Å². The fourth-order valence-corrected chi connectivity index (χ4v) is 12.9. The predicted molar refractivity (Wildman–Crippen MR) is 264 cm³/mol. The Morgan fingerprint density at radius 1 is 1.00 bits per heavy atom. The van der Waals surface area contributed by atoms with Gasteiger partial charge in [0.1, 0.15) is 44.7 Å². The van der Waals surface area contributed by atoms with Gasteiger partial charge in [0, 0.05) is 68.8 Å². The van der Waals surface area contributed by atoms with E-state index in [4.69, 9.17) is 9.47 Å². The van der Waals surface area contributed by atoms with Crippen molar-refractivity contribution in [3.63, 3.8) is 0 Å². The molecule has 4 N–H and O–H groups in total. The molecule has 71 heavy (non-hydrogen) atoms. The number of piperidine rings is 2. The van der Waals surface area contributed by atoms with Crippen molar-refractivity contribution >= 4 is 55.1 Å². The van der Waals surface area contributed by atoms with Crippen LogP contribution < -0.4 is 19.7 Å². The first-order valence-corrected chi connectivity index (χ1v) is 26.2. The number of carbonyl (C=O) groups excluding carboxylic acids is 1. The summed E-state index contributed by atoms with van der Waals surface area (Å²) in [6.07, 6.45) is 10.8. The van der Waals surface area contributed by atoms with E-state index in [1.165, 1.54) is 54.8 Å². The highest BCUT2D eigenvalue weighted by Gasteiger charge is 2.50. The summed E-state index contributed by atoms with van der Waals surface area (Å²) < 4.78 is 73.0.